The Kier molecular flexibility index (Phi) is 6.43. The fraction of sp³-hybridized carbons (Fsp3) is 0.111. The highest BCUT2D eigenvalue weighted by atomic mass is 16.3. The van der Waals surface area contributed by atoms with Crippen molar-refractivity contribution in [1.29, 1.82) is 0 Å². The van der Waals surface area contributed by atoms with Gasteiger partial charge < -0.3 is 20.2 Å². The number of aliphatic hydroxyl groups excluding tert-OH is 3. The second kappa shape index (κ2) is 9.58. The molecule has 0 amide bonds. The van der Waals surface area contributed by atoms with Crippen LogP contribution in [-0.4, -0.2) is 15.3 Å². The molecule has 0 fully saturated rings. The zero-order valence-electron chi connectivity index (χ0n) is 17.1. The van der Waals surface area contributed by atoms with Gasteiger partial charge in [-0.05, 0) is 64.2 Å². The molecule has 4 aromatic carbocycles. The zero-order valence-corrected chi connectivity index (χ0v) is 17.1. The second-order valence-corrected chi connectivity index (χ2v) is 7.39. The number of aliphatic hydroxyl groups is 3. The summed E-state index contributed by atoms with van der Waals surface area (Å²) in [5, 5.41) is 28.0. The van der Waals surface area contributed by atoms with Crippen molar-refractivity contribution in [1.82, 2.24) is 0 Å². The van der Waals surface area contributed by atoms with E-state index in [0.29, 0.717) is 0 Å². The van der Waals surface area contributed by atoms with Crippen LogP contribution in [0.5, 0.6) is 0 Å². The van der Waals surface area contributed by atoms with Gasteiger partial charge in [-0.25, -0.2) is 0 Å². The Morgan fingerprint density at radius 2 is 0.645 bits per heavy atom. The van der Waals surface area contributed by atoms with Crippen molar-refractivity contribution < 1.29 is 15.3 Å². The van der Waals surface area contributed by atoms with E-state index in [9.17, 15) is 15.3 Å². The van der Waals surface area contributed by atoms with Gasteiger partial charge in [0.25, 0.3) is 0 Å². The van der Waals surface area contributed by atoms with Gasteiger partial charge in [0, 0.05) is 17.1 Å². The highest BCUT2D eigenvalue weighted by Gasteiger charge is 2.13. The largest absolute Gasteiger partial charge is 0.392 e. The lowest BCUT2D eigenvalue weighted by molar-refractivity contribution is 0.281. The van der Waals surface area contributed by atoms with E-state index in [-0.39, 0.29) is 19.8 Å². The Balaban J connectivity index is 1.71. The quantitative estimate of drug-likeness (QED) is 0.386. The van der Waals surface area contributed by atoms with Crippen molar-refractivity contribution in [2.75, 3.05) is 4.90 Å². The van der Waals surface area contributed by atoms with E-state index in [4.69, 9.17) is 0 Å². The van der Waals surface area contributed by atoms with Gasteiger partial charge in [-0.3, -0.25) is 0 Å². The molecule has 0 radical (unpaired) electrons. The molecule has 0 aromatic heterocycles. The summed E-state index contributed by atoms with van der Waals surface area (Å²) < 4.78 is 0. The summed E-state index contributed by atoms with van der Waals surface area (Å²) in [5.41, 5.74) is 7.77. The van der Waals surface area contributed by atoms with E-state index in [2.05, 4.69) is 29.2 Å². The molecular formula is C27H25NO3. The van der Waals surface area contributed by atoms with E-state index < -0.39 is 0 Å². The Morgan fingerprint density at radius 3 is 0.968 bits per heavy atom. The average Bonchev–Trinajstić information content (AvgIpc) is 2.85. The lowest BCUT2D eigenvalue weighted by atomic mass is 10.0. The SMILES string of the molecule is OCc1ccc(-c2ccc(N(c3ccc(CO)cc3)c3ccc(CO)cc3)cc2)cc1. The average molecular weight is 412 g/mol. The van der Waals surface area contributed by atoms with E-state index >= 15 is 0 Å². The molecule has 0 aliphatic rings. The summed E-state index contributed by atoms with van der Waals surface area (Å²) >= 11 is 0. The molecule has 4 aromatic rings. The van der Waals surface area contributed by atoms with E-state index in [1.54, 1.807) is 0 Å². The standard InChI is InChI=1S/C27H25NO3/c29-17-20-1-7-23(8-2-20)24-9-15-27(16-10-24)28(25-11-3-21(18-30)4-12-25)26-13-5-22(19-31)6-14-26/h1-16,29-31H,17-19H2. The van der Waals surface area contributed by atoms with Crippen LogP contribution in [0.15, 0.2) is 97.1 Å². The van der Waals surface area contributed by atoms with Gasteiger partial charge in [-0.2, -0.15) is 0 Å². The maximum atomic E-state index is 9.38. The first-order chi connectivity index (χ1) is 15.2. The van der Waals surface area contributed by atoms with Gasteiger partial charge >= 0.3 is 0 Å². The summed E-state index contributed by atoms with van der Waals surface area (Å²) in [6, 6.07) is 31.9. The minimum Gasteiger partial charge on any atom is -0.392 e. The Hall–Kier alpha value is -3.44. The highest BCUT2D eigenvalue weighted by Crippen LogP contribution is 2.35. The number of nitrogens with zero attached hydrogens (tertiary/aromatic N) is 1. The summed E-state index contributed by atoms with van der Waals surface area (Å²) in [6.07, 6.45) is 0. The molecule has 0 aliphatic carbocycles. The van der Waals surface area contributed by atoms with Crippen molar-refractivity contribution in [2.24, 2.45) is 0 Å². The normalized spacial score (nSPS) is 10.8. The van der Waals surface area contributed by atoms with Crippen LogP contribution < -0.4 is 4.90 Å². The first-order valence-electron chi connectivity index (χ1n) is 10.2. The first kappa shape index (κ1) is 20.8. The number of hydrogen-bond acceptors (Lipinski definition) is 4. The molecule has 4 rings (SSSR count). The molecule has 4 heteroatoms. The Bertz CT molecular complexity index is 1060. The number of hydrogen-bond donors (Lipinski definition) is 3. The van der Waals surface area contributed by atoms with Crippen LogP contribution in [0.3, 0.4) is 0 Å². The molecule has 31 heavy (non-hydrogen) atoms. The van der Waals surface area contributed by atoms with E-state index in [1.807, 2.05) is 72.8 Å². The van der Waals surface area contributed by atoms with Crippen LogP contribution in [-0.2, 0) is 19.8 Å². The lowest BCUT2D eigenvalue weighted by Crippen LogP contribution is -2.10. The molecule has 156 valence electrons. The van der Waals surface area contributed by atoms with Gasteiger partial charge in [0.05, 0.1) is 19.8 Å². The molecule has 0 atom stereocenters. The summed E-state index contributed by atoms with van der Waals surface area (Å²) in [6.45, 7) is 0.0583. The molecule has 0 saturated heterocycles. The van der Waals surface area contributed by atoms with E-state index in [1.165, 1.54) is 0 Å². The minimum atomic E-state index is 0.00917. The maximum Gasteiger partial charge on any atom is 0.0681 e. The molecule has 0 bridgehead atoms. The fourth-order valence-electron chi connectivity index (χ4n) is 3.55. The van der Waals surface area contributed by atoms with Crippen LogP contribution in [0.1, 0.15) is 16.7 Å². The van der Waals surface area contributed by atoms with Crippen LogP contribution in [0.25, 0.3) is 11.1 Å². The third kappa shape index (κ3) is 4.67. The molecule has 0 spiro atoms. The molecule has 0 unspecified atom stereocenters. The lowest BCUT2D eigenvalue weighted by Gasteiger charge is -2.26. The molecular weight excluding hydrogens is 386 g/mol. The van der Waals surface area contributed by atoms with Crippen molar-refractivity contribution in [3.63, 3.8) is 0 Å². The van der Waals surface area contributed by atoms with Crippen LogP contribution in [0.2, 0.25) is 0 Å². The minimum absolute atomic E-state index is 0.00917. The topological polar surface area (TPSA) is 63.9 Å². The predicted octanol–water partition coefficient (Wildman–Crippen LogP) is 5.30. The van der Waals surface area contributed by atoms with Crippen LogP contribution >= 0.6 is 0 Å². The second-order valence-electron chi connectivity index (χ2n) is 7.39. The van der Waals surface area contributed by atoms with Crippen molar-refractivity contribution in [2.45, 2.75) is 19.8 Å². The van der Waals surface area contributed by atoms with Gasteiger partial charge in [-0.15, -0.1) is 0 Å². The zero-order chi connectivity index (χ0) is 21.6. The van der Waals surface area contributed by atoms with Crippen LogP contribution in [0.4, 0.5) is 17.1 Å². The number of benzene rings is 4. The Labute approximate surface area is 182 Å². The first-order valence-corrected chi connectivity index (χ1v) is 10.2. The predicted molar refractivity (Wildman–Crippen MR) is 124 cm³/mol. The number of rotatable bonds is 7. The Morgan fingerprint density at radius 1 is 0.387 bits per heavy atom. The summed E-state index contributed by atoms with van der Waals surface area (Å²) in [4.78, 5) is 2.14. The fourth-order valence-corrected chi connectivity index (χ4v) is 3.55. The van der Waals surface area contributed by atoms with Crippen molar-refractivity contribution in [3.8, 4) is 11.1 Å². The van der Waals surface area contributed by atoms with Gasteiger partial charge in [0.1, 0.15) is 0 Å². The highest BCUT2D eigenvalue weighted by molar-refractivity contribution is 5.78. The third-order valence-corrected chi connectivity index (χ3v) is 5.35. The molecule has 0 aliphatic heterocycles. The van der Waals surface area contributed by atoms with Crippen molar-refractivity contribution in [3.05, 3.63) is 114 Å². The van der Waals surface area contributed by atoms with Gasteiger partial charge in [0.15, 0.2) is 0 Å². The summed E-state index contributed by atoms with van der Waals surface area (Å²) in [7, 11) is 0. The maximum absolute atomic E-state index is 9.38. The van der Waals surface area contributed by atoms with Gasteiger partial charge in [0.2, 0.25) is 0 Å². The third-order valence-electron chi connectivity index (χ3n) is 5.35. The van der Waals surface area contributed by atoms with Gasteiger partial charge in [-0.1, -0.05) is 60.7 Å². The smallest absolute Gasteiger partial charge is 0.0681 e. The molecule has 3 N–H and O–H groups in total. The summed E-state index contributed by atoms with van der Waals surface area (Å²) in [5.74, 6) is 0. The molecule has 4 nitrogen and oxygen atoms in total. The van der Waals surface area contributed by atoms with Crippen LogP contribution in [0, 0.1) is 0 Å². The van der Waals surface area contributed by atoms with E-state index in [0.717, 1.165) is 44.9 Å². The van der Waals surface area contributed by atoms with Crippen molar-refractivity contribution >= 4 is 17.1 Å². The monoisotopic (exact) mass is 411 g/mol. The molecule has 0 saturated carbocycles. The molecule has 0 heterocycles. The number of anilines is 3.